The smallest absolute Gasteiger partial charge is 0.417 e. The van der Waals surface area contributed by atoms with Gasteiger partial charge in [0.25, 0.3) is 0 Å². The Hall–Kier alpha value is -4.14. The van der Waals surface area contributed by atoms with Crippen molar-refractivity contribution in [3.8, 4) is 22.6 Å². The van der Waals surface area contributed by atoms with E-state index in [-0.39, 0.29) is 39.7 Å². The summed E-state index contributed by atoms with van der Waals surface area (Å²) in [6.45, 7) is 3.80. The van der Waals surface area contributed by atoms with E-state index in [2.05, 4.69) is 4.98 Å². The van der Waals surface area contributed by atoms with Crippen molar-refractivity contribution >= 4 is 28.4 Å². The fourth-order valence-electron chi connectivity index (χ4n) is 5.74. The van der Waals surface area contributed by atoms with Crippen molar-refractivity contribution in [1.29, 1.82) is 0 Å². The van der Waals surface area contributed by atoms with Crippen molar-refractivity contribution in [3.63, 3.8) is 0 Å². The molecule has 15 heteroatoms. The molecule has 0 saturated carbocycles. The topological polar surface area (TPSA) is 93.4 Å². The zero-order valence-electron chi connectivity index (χ0n) is 24.0. The van der Waals surface area contributed by atoms with Gasteiger partial charge in [0.05, 0.1) is 44.1 Å². The van der Waals surface area contributed by atoms with E-state index < -0.39 is 29.0 Å². The van der Waals surface area contributed by atoms with Gasteiger partial charge in [-0.2, -0.15) is 26.3 Å². The summed E-state index contributed by atoms with van der Waals surface area (Å²) in [6, 6.07) is 5.04. The first-order valence-corrected chi connectivity index (χ1v) is 13.8. The number of nitrogens with two attached hydrogens (primary N) is 1. The van der Waals surface area contributed by atoms with Crippen LogP contribution >= 0.6 is 0 Å². The number of anilines is 2. The molecule has 44 heavy (non-hydrogen) atoms. The normalized spacial score (nSPS) is 16.7. The quantitative estimate of drug-likeness (QED) is 0.382. The first-order chi connectivity index (χ1) is 20.8. The highest BCUT2D eigenvalue weighted by atomic mass is 19.4. The number of nitrogen functional groups attached to an aromatic ring is 1. The predicted molar refractivity (Wildman–Crippen MR) is 151 cm³/mol. The molecule has 0 aliphatic carbocycles. The lowest BCUT2D eigenvalue weighted by Gasteiger charge is -2.32. The van der Waals surface area contributed by atoms with Gasteiger partial charge in [0.1, 0.15) is 5.82 Å². The van der Waals surface area contributed by atoms with Crippen LogP contribution in [-0.2, 0) is 17.1 Å². The van der Waals surface area contributed by atoms with Crippen LogP contribution in [0.5, 0.6) is 11.5 Å². The number of carbonyl (C=O) groups excluding carboxylic acids is 1. The molecule has 0 bridgehead atoms. The number of urea groups is 1. The van der Waals surface area contributed by atoms with Crippen LogP contribution in [0, 0.1) is 0 Å². The number of pyridine rings is 1. The molecule has 238 valence electrons. The highest BCUT2D eigenvalue weighted by molar-refractivity contribution is 6.08. The third kappa shape index (κ3) is 5.97. The third-order valence-corrected chi connectivity index (χ3v) is 7.75. The number of morpholine rings is 1. The van der Waals surface area contributed by atoms with Gasteiger partial charge in [-0.15, -0.1) is 0 Å². The number of aromatic nitrogens is 1. The number of amides is 2. The van der Waals surface area contributed by atoms with Gasteiger partial charge in [0.2, 0.25) is 0 Å². The number of benzene rings is 2. The molecule has 0 spiro atoms. The van der Waals surface area contributed by atoms with Crippen LogP contribution in [0.25, 0.3) is 22.0 Å². The molecule has 2 N–H and O–H groups in total. The van der Waals surface area contributed by atoms with E-state index in [1.807, 2.05) is 4.90 Å². The van der Waals surface area contributed by atoms with Crippen LogP contribution in [0.4, 0.5) is 42.6 Å². The molecule has 3 aromatic rings. The molecule has 2 fully saturated rings. The van der Waals surface area contributed by atoms with Crippen LogP contribution in [0.3, 0.4) is 0 Å². The van der Waals surface area contributed by atoms with Gasteiger partial charge >= 0.3 is 18.4 Å². The second-order valence-corrected chi connectivity index (χ2v) is 10.4. The summed E-state index contributed by atoms with van der Waals surface area (Å²) in [5, 5.41) is -0.0184. The van der Waals surface area contributed by atoms with E-state index in [4.69, 9.17) is 19.9 Å². The van der Waals surface area contributed by atoms with Crippen LogP contribution in [0.1, 0.15) is 17.5 Å². The van der Waals surface area contributed by atoms with Gasteiger partial charge in [-0.1, -0.05) is 12.1 Å². The first kappa shape index (κ1) is 31.3. The lowest BCUT2D eigenvalue weighted by Crippen LogP contribution is -2.49. The molecule has 0 unspecified atom stereocenters. The summed E-state index contributed by atoms with van der Waals surface area (Å²) in [6.07, 6.45) is -10.0. The van der Waals surface area contributed by atoms with E-state index >= 15 is 0 Å². The molecule has 0 radical (unpaired) electrons. The maximum absolute atomic E-state index is 14.3. The maximum atomic E-state index is 14.3. The zero-order chi connectivity index (χ0) is 31.8. The molecule has 9 nitrogen and oxygen atoms in total. The van der Waals surface area contributed by atoms with Crippen molar-refractivity contribution in [1.82, 2.24) is 14.8 Å². The van der Waals surface area contributed by atoms with E-state index in [1.165, 1.54) is 26.4 Å². The average molecular weight is 628 g/mol. The molecular weight excluding hydrogens is 596 g/mol. The Morgan fingerprint density at radius 3 is 2.25 bits per heavy atom. The standard InChI is InChI=1S/C29H31F6N5O4/c1-42-21-16-20-24(23(26(21)43-2)17-5-3-6-18(28(30,31)32)25(17)29(33,34)35)19(36)15-22(37-20)38-7-4-8-39(10-9-38)27(41)40-11-13-44-14-12-40/h3,5-6,15-16H,4,7-14H2,1-2H3,(H2,36,37). The van der Waals surface area contributed by atoms with Crippen molar-refractivity contribution in [3.05, 3.63) is 41.5 Å². The molecule has 2 aliphatic heterocycles. The first-order valence-electron chi connectivity index (χ1n) is 13.8. The minimum Gasteiger partial charge on any atom is -0.493 e. The fourth-order valence-corrected chi connectivity index (χ4v) is 5.74. The Bertz CT molecular complexity index is 1540. The zero-order valence-corrected chi connectivity index (χ0v) is 24.0. The van der Waals surface area contributed by atoms with E-state index in [0.717, 1.165) is 12.1 Å². The van der Waals surface area contributed by atoms with Gasteiger partial charge < -0.3 is 34.6 Å². The van der Waals surface area contributed by atoms with Gasteiger partial charge in [0.15, 0.2) is 11.5 Å². The molecule has 1 aromatic heterocycles. The highest BCUT2D eigenvalue weighted by Gasteiger charge is 2.45. The third-order valence-electron chi connectivity index (χ3n) is 7.75. The summed E-state index contributed by atoms with van der Waals surface area (Å²) >= 11 is 0. The molecule has 2 aromatic carbocycles. The minimum atomic E-state index is -5.37. The summed E-state index contributed by atoms with van der Waals surface area (Å²) in [5.74, 6) is 0.134. The highest BCUT2D eigenvalue weighted by Crippen LogP contribution is 2.52. The number of carbonyl (C=O) groups is 1. The van der Waals surface area contributed by atoms with E-state index in [1.54, 1.807) is 9.80 Å². The molecular formula is C29H31F6N5O4. The Morgan fingerprint density at radius 1 is 0.909 bits per heavy atom. The number of fused-ring (bicyclic) bond motifs is 1. The number of alkyl halides is 6. The Kier molecular flexibility index (Phi) is 8.60. The predicted octanol–water partition coefficient (Wildman–Crippen LogP) is 5.50. The molecule has 2 amide bonds. The number of halogens is 6. The molecule has 0 atom stereocenters. The second-order valence-electron chi connectivity index (χ2n) is 10.4. The van der Waals surface area contributed by atoms with Crippen molar-refractivity contribution < 1.29 is 45.3 Å². The summed E-state index contributed by atoms with van der Waals surface area (Å²) in [4.78, 5) is 23.1. The SMILES string of the molecule is COc1cc2nc(N3CCCN(C(=O)N4CCOCC4)CC3)cc(N)c2c(-c2cccc(C(F)(F)F)c2C(F)(F)F)c1OC. The van der Waals surface area contributed by atoms with Crippen LogP contribution < -0.4 is 20.1 Å². The van der Waals surface area contributed by atoms with E-state index in [0.29, 0.717) is 70.8 Å². The number of nitrogens with zero attached hydrogens (tertiary/aromatic N) is 4. The number of methoxy groups -OCH3 is 2. The minimum absolute atomic E-state index is 0.0167. The van der Waals surface area contributed by atoms with Gasteiger partial charge in [-0.05, 0) is 18.1 Å². The molecule has 3 heterocycles. The molecule has 2 aliphatic rings. The lowest BCUT2D eigenvalue weighted by atomic mass is 9.90. The van der Waals surface area contributed by atoms with Crippen LogP contribution in [0.15, 0.2) is 30.3 Å². The lowest BCUT2D eigenvalue weighted by molar-refractivity contribution is -0.161. The van der Waals surface area contributed by atoms with Gasteiger partial charge in [0, 0.05) is 68.0 Å². The van der Waals surface area contributed by atoms with Crippen molar-refractivity contribution in [2.75, 3.05) is 77.3 Å². The van der Waals surface area contributed by atoms with Gasteiger partial charge in [-0.3, -0.25) is 0 Å². The van der Waals surface area contributed by atoms with Crippen molar-refractivity contribution in [2.45, 2.75) is 18.8 Å². The average Bonchev–Trinajstić information content (AvgIpc) is 3.25. The van der Waals surface area contributed by atoms with Crippen LogP contribution in [0.2, 0.25) is 0 Å². The summed E-state index contributed by atoms with van der Waals surface area (Å²) in [7, 11) is 2.43. The molecule has 2 saturated heterocycles. The Balaban J connectivity index is 1.61. The Labute approximate surface area is 249 Å². The summed E-state index contributed by atoms with van der Waals surface area (Å²) in [5.41, 5.74) is 1.73. The van der Waals surface area contributed by atoms with Gasteiger partial charge in [-0.25, -0.2) is 9.78 Å². The van der Waals surface area contributed by atoms with Crippen molar-refractivity contribution in [2.24, 2.45) is 0 Å². The van der Waals surface area contributed by atoms with Crippen LogP contribution in [-0.4, -0.2) is 87.5 Å². The monoisotopic (exact) mass is 627 g/mol. The number of rotatable bonds is 4. The molecule has 5 rings (SSSR count). The summed E-state index contributed by atoms with van der Waals surface area (Å²) < 4.78 is 101. The number of hydrogen-bond donors (Lipinski definition) is 1. The second kappa shape index (κ2) is 12.1. The maximum Gasteiger partial charge on any atom is 0.417 e. The van der Waals surface area contributed by atoms with E-state index in [9.17, 15) is 31.1 Å². The largest absolute Gasteiger partial charge is 0.493 e. The number of ether oxygens (including phenoxy) is 3. The number of hydrogen-bond acceptors (Lipinski definition) is 7. The Morgan fingerprint density at radius 2 is 1.61 bits per heavy atom. The fraction of sp³-hybridized carbons (Fsp3) is 0.448.